The highest BCUT2D eigenvalue weighted by molar-refractivity contribution is 5.96. The molecule has 5 heteroatoms. The molecule has 0 amide bonds. The Morgan fingerprint density at radius 3 is 2.62 bits per heavy atom. The fourth-order valence-electron chi connectivity index (χ4n) is 2.61. The second-order valence-electron chi connectivity index (χ2n) is 5.49. The Kier molecular flexibility index (Phi) is 6.50. The van der Waals surface area contributed by atoms with E-state index in [-0.39, 0.29) is 5.84 Å². The van der Waals surface area contributed by atoms with E-state index in [0.29, 0.717) is 6.10 Å². The Balaban J connectivity index is 1.62. The van der Waals surface area contributed by atoms with Crippen molar-refractivity contribution in [3.05, 3.63) is 35.4 Å². The summed E-state index contributed by atoms with van der Waals surface area (Å²) in [5.41, 5.74) is 7.42. The van der Waals surface area contributed by atoms with E-state index >= 15 is 0 Å². The first-order valence-corrected chi connectivity index (χ1v) is 7.69. The van der Waals surface area contributed by atoms with Gasteiger partial charge >= 0.3 is 0 Å². The first-order valence-electron chi connectivity index (χ1n) is 7.69. The molecule has 0 bridgehead atoms. The number of hydrogen-bond acceptors (Lipinski definition) is 4. The summed E-state index contributed by atoms with van der Waals surface area (Å²) in [6.45, 7) is 2.43. The second-order valence-corrected chi connectivity index (χ2v) is 5.49. The van der Waals surface area contributed by atoms with Crippen LogP contribution >= 0.6 is 0 Å². The third-order valence-corrected chi connectivity index (χ3v) is 3.87. The minimum Gasteiger partial charge on any atom is -0.409 e. The first-order chi connectivity index (χ1) is 10.3. The Bertz CT molecular complexity index is 439. The van der Waals surface area contributed by atoms with Crippen LogP contribution in [-0.4, -0.2) is 30.3 Å². The molecule has 21 heavy (non-hydrogen) atoms. The van der Waals surface area contributed by atoms with Gasteiger partial charge in [-0.15, -0.1) is 0 Å². The zero-order valence-corrected chi connectivity index (χ0v) is 12.4. The van der Waals surface area contributed by atoms with Gasteiger partial charge in [0.1, 0.15) is 0 Å². The molecule has 1 saturated carbocycles. The van der Waals surface area contributed by atoms with Crippen LogP contribution in [0.4, 0.5) is 0 Å². The maximum absolute atomic E-state index is 8.60. The first kappa shape index (κ1) is 15.8. The fraction of sp³-hybridized carbons (Fsp3) is 0.562. The largest absolute Gasteiger partial charge is 0.409 e. The molecular weight excluding hydrogens is 266 g/mol. The number of amidine groups is 1. The van der Waals surface area contributed by atoms with Gasteiger partial charge < -0.3 is 21.0 Å². The molecule has 1 fully saturated rings. The fourth-order valence-corrected chi connectivity index (χ4v) is 2.61. The molecule has 0 unspecified atom stereocenters. The highest BCUT2D eigenvalue weighted by atomic mass is 16.5. The van der Waals surface area contributed by atoms with Crippen molar-refractivity contribution >= 4 is 5.84 Å². The van der Waals surface area contributed by atoms with Crippen LogP contribution < -0.4 is 11.1 Å². The monoisotopic (exact) mass is 291 g/mol. The number of oxime groups is 1. The van der Waals surface area contributed by atoms with Crippen LogP contribution in [0.25, 0.3) is 0 Å². The number of benzene rings is 1. The number of rotatable bonds is 7. The molecule has 2 rings (SSSR count). The summed E-state index contributed by atoms with van der Waals surface area (Å²) < 4.78 is 5.86. The smallest absolute Gasteiger partial charge is 0.170 e. The summed E-state index contributed by atoms with van der Waals surface area (Å²) in [6.07, 6.45) is 6.89. The van der Waals surface area contributed by atoms with Crippen LogP contribution in [0.1, 0.15) is 43.2 Å². The molecule has 5 nitrogen and oxygen atoms in total. The van der Waals surface area contributed by atoms with Crippen LogP contribution in [-0.2, 0) is 11.3 Å². The molecule has 0 aromatic heterocycles. The van der Waals surface area contributed by atoms with Gasteiger partial charge in [-0.3, -0.25) is 0 Å². The Hall–Kier alpha value is -1.59. The second kappa shape index (κ2) is 8.64. The van der Waals surface area contributed by atoms with E-state index in [1.165, 1.54) is 37.7 Å². The average Bonchev–Trinajstić information content (AvgIpc) is 2.55. The van der Waals surface area contributed by atoms with Crippen molar-refractivity contribution in [1.29, 1.82) is 0 Å². The Morgan fingerprint density at radius 2 is 1.95 bits per heavy atom. The van der Waals surface area contributed by atoms with E-state index in [1.807, 2.05) is 24.3 Å². The Labute approximate surface area is 126 Å². The molecule has 1 aliphatic rings. The highest BCUT2D eigenvalue weighted by Gasteiger charge is 2.12. The van der Waals surface area contributed by atoms with Gasteiger partial charge in [-0.1, -0.05) is 48.7 Å². The van der Waals surface area contributed by atoms with Gasteiger partial charge in [-0.05, 0) is 18.4 Å². The normalized spacial score (nSPS) is 17.0. The summed E-state index contributed by atoms with van der Waals surface area (Å²) in [5, 5.41) is 15.0. The average molecular weight is 291 g/mol. The van der Waals surface area contributed by atoms with Crippen molar-refractivity contribution in [1.82, 2.24) is 5.32 Å². The summed E-state index contributed by atoms with van der Waals surface area (Å²) in [5.74, 6) is 0.135. The SMILES string of the molecule is NC(=NO)c1ccc(CNCCOC2CCCCC2)cc1. The lowest BCUT2D eigenvalue weighted by Crippen LogP contribution is -2.24. The topological polar surface area (TPSA) is 79.9 Å². The van der Waals surface area contributed by atoms with Gasteiger partial charge in [0.25, 0.3) is 0 Å². The van der Waals surface area contributed by atoms with Crippen molar-refractivity contribution < 1.29 is 9.94 Å². The molecule has 116 valence electrons. The van der Waals surface area contributed by atoms with E-state index in [0.717, 1.165) is 25.3 Å². The van der Waals surface area contributed by atoms with Crippen molar-refractivity contribution in [3.63, 3.8) is 0 Å². The maximum atomic E-state index is 8.60. The van der Waals surface area contributed by atoms with Crippen molar-refractivity contribution in [3.8, 4) is 0 Å². The third-order valence-electron chi connectivity index (χ3n) is 3.87. The summed E-state index contributed by atoms with van der Waals surface area (Å²) >= 11 is 0. The quantitative estimate of drug-likeness (QED) is 0.237. The van der Waals surface area contributed by atoms with Gasteiger partial charge in [-0.25, -0.2) is 0 Å². The molecule has 1 aromatic carbocycles. The molecule has 0 spiro atoms. The lowest BCUT2D eigenvalue weighted by atomic mass is 9.98. The van der Waals surface area contributed by atoms with Gasteiger partial charge in [0.05, 0.1) is 12.7 Å². The van der Waals surface area contributed by atoms with E-state index < -0.39 is 0 Å². The van der Waals surface area contributed by atoms with Gasteiger partial charge in [0, 0.05) is 18.7 Å². The summed E-state index contributed by atoms with van der Waals surface area (Å²) in [6, 6.07) is 7.65. The van der Waals surface area contributed by atoms with Gasteiger partial charge in [0.2, 0.25) is 0 Å². The summed E-state index contributed by atoms with van der Waals surface area (Å²) in [4.78, 5) is 0. The molecule has 4 N–H and O–H groups in total. The maximum Gasteiger partial charge on any atom is 0.170 e. The lowest BCUT2D eigenvalue weighted by Gasteiger charge is -2.22. The van der Waals surface area contributed by atoms with Crippen LogP contribution in [0.2, 0.25) is 0 Å². The standard InChI is InChI=1S/C16H25N3O2/c17-16(19-20)14-8-6-13(7-9-14)12-18-10-11-21-15-4-2-1-3-5-15/h6-9,15,18,20H,1-5,10-12H2,(H2,17,19). The zero-order chi connectivity index (χ0) is 14.9. The van der Waals surface area contributed by atoms with Crippen molar-refractivity contribution in [2.45, 2.75) is 44.8 Å². The van der Waals surface area contributed by atoms with E-state index in [4.69, 9.17) is 15.7 Å². The molecule has 0 aliphatic heterocycles. The van der Waals surface area contributed by atoms with E-state index in [9.17, 15) is 0 Å². The number of ether oxygens (including phenoxy) is 1. The molecular formula is C16H25N3O2. The number of nitrogens with one attached hydrogen (secondary N) is 1. The van der Waals surface area contributed by atoms with Crippen LogP contribution in [0.15, 0.2) is 29.4 Å². The molecule has 0 atom stereocenters. The van der Waals surface area contributed by atoms with Crippen molar-refractivity contribution in [2.75, 3.05) is 13.2 Å². The molecule has 1 aliphatic carbocycles. The molecule has 1 aromatic rings. The van der Waals surface area contributed by atoms with Crippen LogP contribution in [0.3, 0.4) is 0 Å². The number of hydrogen-bond donors (Lipinski definition) is 3. The van der Waals surface area contributed by atoms with E-state index in [1.54, 1.807) is 0 Å². The zero-order valence-electron chi connectivity index (χ0n) is 12.4. The minimum absolute atomic E-state index is 0.135. The summed E-state index contributed by atoms with van der Waals surface area (Å²) in [7, 11) is 0. The number of nitrogens with two attached hydrogens (primary N) is 1. The molecule has 0 saturated heterocycles. The van der Waals surface area contributed by atoms with Crippen molar-refractivity contribution in [2.24, 2.45) is 10.9 Å². The molecule has 0 heterocycles. The molecule has 0 radical (unpaired) electrons. The third kappa shape index (κ3) is 5.36. The Morgan fingerprint density at radius 1 is 1.24 bits per heavy atom. The lowest BCUT2D eigenvalue weighted by molar-refractivity contribution is 0.0302. The van der Waals surface area contributed by atoms with Crippen LogP contribution in [0.5, 0.6) is 0 Å². The number of nitrogens with zero attached hydrogens (tertiary/aromatic N) is 1. The highest BCUT2D eigenvalue weighted by Crippen LogP contribution is 2.19. The van der Waals surface area contributed by atoms with Gasteiger partial charge in [0.15, 0.2) is 5.84 Å². The van der Waals surface area contributed by atoms with Gasteiger partial charge in [-0.2, -0.15) is 0 Å². The van der Waals surface area contributed by atoms with Crippen LogP contribution in [0, 0.1) is 0 Å². The van der Waals surface area contributed by atoms with E-state index in [2.05, 4.69) is 10.5 Å². The predicted octanol–water partition coefficient (Wildman–Crippen LogP) is 2.22. The minimum atomic E-state index is 0.135. The predicted molar refractivity (Wildman–Crippen MR) is 83.5 cm³/mol.